The smallest absolute Gasteiger partial charge is 0.242 e. The van der Waals surface area contributed by atoms with Crippen LogP contribution in [-0.4, -0.2) is 67.2 Å². The molecule has 2 heterocycles. The van der Waals surface area contributed by atoms with E-state index in [2.05, 4.69) is 6.92 Å². The van der Waals surface area contributed by atoms with Crippen molar-refractivity contribution in [1.82, 2.24) is 9.80 Å². The number of piperidine rings is 1. The van der Waals surface area contributed by atoms with E-state index in [1.54, 1.807) is 4.90 Å². The zero-order valence-electron chi connectivity index (χ0n) is 12.7. The van der Waals surface area contributed by atoms with Crippen molar-refractivity contribution >= 4 is 21.7 Å². The third kappa shape index (κ3) is 4.18. The number of hydrogen-bond donors (Lipinski definition) is 0. The third-order valence-electron chi connectivity index (χ3n) is 4.37. The van der Waals surface area contributed by atoms with E-state index in [-0.39, 0.29) is 35.9 Å². The summed E-state index contributed by atoms with van der Waals surface area (Å²) in [6, 6.07) is -0.348. The molecule has 0 bridgehead atoms. The van der Waals surface area contributed by atoms with Crippen LogP contribution in [0.4, 0.5) is 0 Å². The SMILES string of the molecule is CC(=O)N(CC(=O)N1CCCC(C)C1)C1CCS(=O)(=O)C1. The standard InChI is InChI=1S/C14H24N2O4S/c1-11-4-3-6-15(8-11)14(18)9-16(12(2)17)13-5-7-21(19,20)10-13/h11,13H,3-10H2,1-2H3. The van der Waals surface area contributed by atoms with Crippen LogP contribution < -0.4 is 0 Å². The lowest BCUT2D eigenvalue weighted by atomic mass is 10.0. The minimum Gasteiger partial charge on any atom is -0.341 e. The number of carbonyl (C=O) groups excluding carboxylic acids is 2. The molecule has 0 aliphatic carbocycles. The maximum atomic E-state index is 12.4. The maximum absolute atomic E-state index is 12.4. The molecule has 0 spiro atoms. The van der Waals surface area contributed by atoms with E-state index < -0.39 is 9.84 Å². The summed E-state index contributed by atoms with van der Waals surface area (Å²) in [5, 5.41) is 0. The molecule has 2 saturated heterocycles. The second-order valence-electron chi connectivity index (χ2n) is 6.29. The van der Waals surface area contributed by atoms with Gasteiger partial charge in [0.1, 0.15) is 6.54 Å². The van der Waals surface area contributed by atoms with Gasteiger partial charge in [-0.3, -0.25) is 9.59 Å². The molecule has 0 aromatic carbocycles. The summed E-state index contributed by atoms with van der Waals surface area (Å²) >= 11 is 0. The molecule has 2 unspecified atom stereocenters. The fourth-order valence-electron chi connectivity index (χ4n) is 3.18. The van der Waals surface area contributed by atoms with Crippen LogP contribution in [0, 0.1) is 5.92 Å². The van der Waals surface area contributed by atoms with Crippen LogP contribution in [-0.2, 0) is 19.4 Å². The molecule has 120 valence electrons. The lowest BCUT2D eigenvalue weighted by molar-refractivity contribution is -0.141. The van der Waals surface area contributed by atoms with Crippen molar-refractivity contribution in [2.24, 2.45) is 5.92 Å². The fraction of sp³-hybridized carbons (Fsp3) is 0.857. The Hall–Kier alpha value is -1.11. The van der Waals surface area contributed by atoms with E-state index in [1.807, 2.05) is 0 Å². The summed E-state index contributed by atoms with van der Waals surface area (Å²) < 4.78 is 23.1. The van der Waals surface area contributed by atoms with Gasteiger partial charge in [-0.2, -0.15) is 0 Å². The molecular formula is C14H24N2O4S. The number of amides is 2. The minimum atomic E-state index is -3.06. The lowest BCUT2D eigenvalue weighted by Crippen LogP contribution is -2.49. The van der Waals surface area contributed by atoms with Gasteiger partial charge in [0.2, 0.25) is 11.8 Å². The maximum Gasteiger partial charge on any atom is 0.242 e. The monoisotopic (exact) mass is 316 g/mol. The van der Waals surface area contributed by atoms with Gasteiger partial charge in [-0.1, -0.05) is 6.92 Å². The van der Waals surface area contributed by atoms with Crippen LogP contribution in [0.15, 0.2) is 0 Å². The number of hydrogen-bond acceptors (Lipinski definition) is 4. The van der Waals surface area contributed by atoms with Crippen molar-refractivity contribution < 1.29 is 18.0 Å². The molecule has 0 radical (unpaired) electrons. The average molecular weight is 316 g/mol. The number of carbonyl (C=O) groups is 2. The van der Waals surface area contributed by atoms with E-state index in [4.69, 9.17) is 0 Å². The summed E-state index contributed by atoms with van der Waals surface area (Å²) in [4.78, 5) is 27.4. The quantitative estimate of drug-likeness (QED) is 0.749. The van der Waals surface area contributed by atoms with Crippen molar-refractivity contribution in [3.63, 3.8) is 0 Å². The molecule has 2 rings (SSSR count). The van der Waals surface area contributed by atoms with Crippen molar-refractivity contribution in [3.05, 3.63) is 0 Å². The summed E-state index contributed by atoms with van der Waals surface area (Å²) in [7, 11) is -3.06. The predicted octanol–water partition coefficient (Wildman–Crippen LogP) is 0.281. The van der Waals surface area contributed by atoms with Crippen molar-refractivity contribution in [2.75, 3.05) is 31.1 Å². The van der Waals surface area contributed by atoms with Crippen LogP contribution >= 0.6 is 0 Å². The Bertz CT molecular complexity index is 517. The number of rotatable bonds is 3. The van der Waals surface area contributed by atoms with Crippen LogP contribution in [0.3, 0.4) is 0 Å². The second-order valence-corrected chi connectivity index (χ2v) is 8.52. The lowest BCUT2D eigenvalue weighted by Gasteiger charge is -2.34. The highest BCUT2D eigenvalue weighted by Gasteiger charge is 2.35. The highest BCUT2D eigenvalue weighted by Crippen LogP contribution is 2.20. The first-order valence-electron chi connectivity index (χ1n) is 7.54. The van der Waals surface area contributed by atoms with E-state index in [9.17, 15) is 18.0 Å². The summed E-state index contributed by atoms with van der Waals surface area (Å²) in [5.74, 6) is 0.281. The molecule has 2 aliphatic rings. The molecule has 2 amide bonds. The van der Waals surface area contributed by atoms with Gasteiger partial charge in [-0.15, -0.1) is 0 Å². The van der Waals surface area contributed by atoms with E-state index in [0.29, 0.717) is 12.3 Å². The van der Waals surface area contributed by atoms with Crippen LogP contribution in [0.5, 0.6) is 0 Å². The second kappa shape index (κ2) is 6.34. The average Bonchev–Trinajstić information content (AvgIpc) is 2.75. The highest BCUT2D eigenvalue weighted by atomic mass is 32.2. The molecule has 21 heavy (non-hydrogen) atoms. The minimum absolute atomic E-state index is 0.00222. The van der Waals surface area contributed by atoms with Gasteiger partial charge in [0.05, 0.1) is 11.5 Å². The van der Waals surface area contributed by atoms with Gasteiger partial charge in [-0.25, -0.2) is 8.42 Å². The first-order valence-corrected chi connectivity index (χ1v) is 9.36. The summed E-state index contributed by atoms with van der Waals surface area (Å²) in [6.07, 6.45) is 2.55. The molecule has 2 fully saturated rings. The van der Waals surface area contributed by atoms with Crippen LogP contribution in [0.1, 0.15) is 33.1 Å². The highest BCUT2D eigenvalue weighted by molar-refractivity contribution is 7.91. The Morgan fingerprint density at radius 2 is 2.00 bits per heavy atom. The summed E-state index contributed by atoms with van der Waals surface area (Å²) in [5.41, 5.74) is 0. The normalized spacial score (nSPS) is 28.4. The van der Waals surface area contributed by atoms with E-state index in [1.165, 1.54) is 11.8 Å². The fourth-order valence-corrected chi connectivity index (χ4v) is 4.91. The Morgan fingerprint density at radius 3 is 2.52 bits per heavy atom. The van der Waals surface area contributed by atoms with Crippen LogP contribution in [0.25, 0.3) is 0 Å². The molecule has 0 N–H and O–H groups in total. The molecule has 2 atom stereocenters. The molecule has 7 heteroatoms. The molecule has 0 saturated carbocycles. The Labute approximate surface area is 126 Å². The van der Waals surface area contributed by atoms with E-state index >= 15 is 0 Å². The topological polar surface area (TPSA) is 74.8 Å². The predicted molar refractivity (Wildman–Crippen MR) is 79.4 cm³/mol. The largest absolute Gasteiger partial charge is 0.341 e. The Morgan fingerprint density at radius 1 is 1.29 bits per heavy atom. The summed E-state index contributed by atoms with van der Waals surface area (Å²) in [6.45, 7) is 4.98. The molecule has 0 aromatic heterocycles. The van der Waals surface area contributed by atoms with Crippen molar-refractivity contribution in [2.45, 2.75) is 39.2 Å². The van der Waals surface area contributed by atoms with Crippen molar-refractivity contribution in [1.29, 1.82) is 0 Å². The van der Waals surface area contributed by atoms with Gasteiger partial charge in [0.15, 0.2) is 9.84 Å². The number of sulfone groups is 1. The van der Waals surface area contributed by atoms with Gasteiger partial charge in [0, 0.05) is 26.1 Å². The zero-order chi connectivity index (χ0) is 15.6. The van der Waals surface area contributed by atoms with Crippen LogP contribution in [0.2, 0.25) is 0 Å². The zero-order valence-corrected chi connectivity index (χ0v) is 13.6. The van der Waals surface area contributed by atoms with E-state index in [0.717, 1.165) is 25.9 Å². The number of likely N-dealkylation sites (tertiary alicyclic amines) is 1. The molecule has 0 aromatic rings. The van der Waals surface area contributed by atoms with Gasteiger partial charge >= 0.3 is 0 Å². The van der Waals surface area contributed by atoms with Gasteiger partial charge in [0.25, 0.3) is 0 Å². The first kappa shape index (κ1) is 16.3. The van der Waals surface area contributed by atoms with Gasteiger partial charge in [-0.05, 0) is 25.2 Å². The Kier molecular flexibility index (Phi) is 4.91. The van der Waals surface area contributed by atoms with Gasteiger partial charge < -0.3 is 9.80 Å². The molecular weight excluding hydrogens is 292 g/mol. The molecule has 2 aliphatic heterocycles. The first-order chi connectivity index (χ1) is 9.78. The molecule has 6 nitrogen and oxygen atoms in total. The third-order valence-corrected chi connectivity index (χ3v) is 6.12. The number of nitrogens with zero attached hydrogens (tertiary/aromatic N) is 2. The van der Waals surface area contributed by atoms with Crippen molar-refractivity contribution in [3.8, 4) is 0 Å². The Balaban J connectivity index is 2.00.